The van der Waals surface area contributed by atoms with Crippen LogP contribution in [0.25, 0.3) is 0 Å². The SMILES string of the molecule is C[C@@]1(C=C=O)C(=O)[C@H]2CCCC[C@H]21. The maximum Gasteiger partial charge on any atom is 0.146 e. The van der Waals surface area contributed by atoms with E-state index in [2.05, 4.69) is 0 Å². The lowest BCUT2D eigenvalue weighted by atomic mass is 9.49. The summed E-state index contributed by atoms with van der Waals surface area (Å²) in [5.41, 5.74) is -0.465. The van der Waals surface area contributed by atoms with E-state index in [4.69, 9.17) is 0 Å². The van der Waals surface area contributed by atoms with Crippen molar-refractivity contribution in [1.82, 2.24) is 0 Å². The summed E-state index contributed by atoms with van der Waals surface area (Å²) in [6.45, 7) is 1.88. The molecule has 0 aromatic carbocycles. The second-order valence-corrected chi connectivity index (χ2v) is 4.41. The molecule has 13 heavy (non-hydrogen) atoms. The van der Waals surface area contributed by atoms with E-state index in [1.54, 1.807) is 5.94 Å². The van der Waals surface area contributed by atoms with Gasteiger partial charge in [-0.15, -0.1) is 0 Å². The number of Topliss-reactive ketones (excluding diaryl/α,β-unsaturated/α-hetero) is 1. The van der Waals surface area contributed by atoms with Crippen LogP contribution < -0.4 is 0 Å². The van der Waals surface area contributed by atoms with E-state index >= 15 is 0 Å². The second-order valence-electron chi connectivity index (χ2n) is 4.41. The van der Waals surface area contributed by atoms with Crippen molar-refractivity contribution in [3.63, 3.8) is 0 Å². The predicted molar refractivity (Wildman–Crippen MR) is 48.8 cm³/mol. The van der Waals surface area contributed by atoms with Crippen LogP contribution in [0.15, 0.2) is 6.08 Å². The van der Waals surface area contributed by atoms with Crippen molar-refractivity contribution in [2.75, 3.05) is 0 Å². The number of ketones is 1. The highest BCUT2D eigenvalue weighted by atomic mass is 16.1. The van der Waals surface area contributed by atoms with Crippen LogP contribution in [0.5, 0.6) is 0 Å². The van der Waals surface area contributed by atoms with E-state index in [1.807, 2.05) is 6.92 Å². The average Bonchev–Trinajstić information content (AvgIpc) is 2.17. The fourth-order valence-corrected chi connectivity index (χ4v) is 2.95. The van der Waals surface area contributed by atoms with Gasteiger partial charge in [-0.3, -0.25) is 4.79 Å². The highest BCUT2D eigenvalue weighted by molar-refractivity contribution is 5.96. The van der Waals surface area contributed by atoms with Gasteiger partial charge in [0.2, 0.25) is 0 Å². The molecule has 0 aromatic heterocycles. The molecule has 2 nitrogen and oxygen atoms in total. The van der Waals surface area contributed by atoms with Crippen molar-refractivity contribution in [1.29, 1.82) is 0 Å². The van der Waals surface area contributed by atoms with Crippen molar-refractivity contribution in [3.8, 4) is 0 Å². The van der Waals surface area contributed by atoms with Crippen LogP contribution >= 0.6 is 0 Å². The van der Waals surface area contributed by atoms with E-state index in [0.29, 0.717) is 5.92 Å². The minimum Gasteiger partial charge on any atom is -0.298 e. The Morgan fingerprint density at radius 1 is 1.46 bits per heavy atom. The number of allylic oxidation sites excluding steroid dienone is 1. The highest BCUT2D eigenvalue weighted by Gasteiger charge is 2.57. The van der Waals surface area contributed by atoms with Crippen molar-refractivity contribution >= 4 is 11.7 Å². The van der Waals surface area contributed by atoms with Crippen LogP contribution in [0.4, 0.5) is 0 Å². The van der Waals surface area contributed by atoms with E-state index < -0.39 is 5.41 Å². The number of fused-ring (bicyclic) bond motifs is 1. The van der Waals surface area contributed by atoms with Gasteiger partial charge in [0.25, 0.3) is 0 Å². The molecule has 0 unspecified atom stereocenters. The Morgan fingerprint density at radius 2 is 2.15 bits per heavy atom. The minimum atomic E-state index is -0.465. The Labute approximate surface area is 78.0 Å². The van der Waals surface area contributed by atoms with Gasteiger partial charge < -0.3 is 0 Å². The van der Waals surface area contributed by atoms with Crippen molar-refractivity contribution in [2.45, 2.75) is 32.6 Å². The molecule has 2 saturated carbocycles. The lowest BCUT2D eigenvalue weighted by Crippen LogP contribution is -2.56. The molecule has 0 saturated heterocycles. The van der Waals surface area contributed by atoms with E-state index in [1.165, 1.54) is 18.9 Å². The summed E-state index contributed by atoms with van der Waals surface area (Å²) in [5, 5.41) is 0. The molecule has 2 aliphatic rings. The third-order valence-corrected chi connectivity index (χ3v) is 3.76. The standard InChI is InChI=1S/C11H14O2/c1-11(6-7-12)9-5-3-2-4-8(9)10(11)13/h6,8-9H,2-5H2,1H3/t8-,9+,11-/m0/s1. The first-order chi connectivity index (χ1) is 6.20. The molecule has 2 heteroatoms. The van der Waals surface area contributed by atoms with Crippen LogP contribution in [0, 0.1) is 17.3 Å². The Balaban J connectivity index is 2.23. The quantitative estimate of drug-likeness (QED) is 0.573. The molecule has 3 atom stereocenters. The number of rotatable bonds is 1. The Hall–Kier alpha value is -0.880. The molecule has 0 bridgehead atoms. The highest BCUT2D eigenvalue weighted by Crippen LogP contribution is 2.54. The van der Waals surface area contributed by atoms with Crippen LogP contribution in [0.3, 0.4) is 0 Å². The smallest absolute Gasteiger partial charge is 0.146 e. The van der Waals surface area contributed by atoms with Gasteiger partial charge in [-0.25, -0.2) is 4.79 Å². The number of carbonyl (C=O) groups is 1. The Morgan fingerprint density at radius 3 is 2.85 bits per heavy atom. The molecule has 0 aliphatic heterocycles. The second kappa shape index (κ2) is 2.81. The van der Waals surface area contributed by atoms with E-state index in [9.17, 15) is 9.59 Å². The fraction of sp³-hybridized carbons (Fsp3) is 0.727. The summed E-state index contributed by atoms with van der Waals surface area (Å²) < 4.78 is 0. The van der Waals surface area contributed by atoms with Gasteiger partial charge in [0.05, 0.1) is 5.41 Å². The first-order valence-electron chi connectivity index (χ1n) is 4.96. The zero-order valence-electron chi connectivity index (χ0n) is 7.88. The molecule has 70 valence electrons. The summed E-state index contributed by atoms with van der Waals surface area (Å²) >= 11 is 0. The summed E-state index contributed by atoms with van der Waals surface area (Å²) in [5.74, 6) is 2.72. The van der Waals surface area contributed by atoms with Gasteiger partial charge in [-0.1, -0.05) is 12.8 Å². The average molecular weight is 178 g/mol. The number of hydrogen-bond donors (Lipinski definition) is 0. The largest absolute Gasteiger partial charge is 0.298 e. The summed E-state index contributed by atoms with van der Waals surface area (Å²) in [6, 6.07) is 0. The van der Waals surface area contributed by atoms with Gasteiger partial charge in [-0.05, 0) is 25.7 Å². The molecular weight excluding hydrogens is 164 g/mol. The van der Waals surface area contributed by atoms with Gasteiger partial charge in [0.15, 0.2) is 0 Å². The van der Waals surface area contributed by atoms with E-state index in [-0.39, 0.29) is 11.7 Å². The molecule has 2 aliphatic carbocycles. The molecule has 0 heterocycles. The zero-order chi connectivity index (χ0) is 9.47. The summed E-state index contributed by atoms with van der Waals surface area (Å²) in [6.07, 6.45) is 5.95. The lowest BCUT2D eigenvalue weighted by Gasteiger charge is -2.51. The molecule has 0 aromatic rings. The Bertz CT molecular complexity index is 288. The van der Waals surface area contributed by atoms with E-state index in [0.717, 1.165) is 12.8 Å². The van der Waals surface area contributed by atoms with Gasteiger partial charge >= 0.3 is 0 Å². The molecule has 0 N–H and O–H groups in total. The van der Waals surface area contributed by atoms with Crippen LogP contribution in [0.2, 0.25) is 0 Å². The van der Waals surface area contributed by atoms with Crippen molar-refractivity contribution in [2.24, 2.45) is 17.3 Å². The topological polar surface area (TPSA) is 34.1 Å². The minimum absolute atomic E-state index is 0.253. The van der Waals surface area contributed by atoms with Gasteiger partial charge in [0.1, 0.15) is 11.7 Å². The fourth-order valence-electron chi connectivity index (χ4n) is 2.95. The van der Waals surface area contributed by atoms with Crippen molar-refractivity contribution < 1.29 is 9.59 Å². The van der Waals surface area contributed by atoms with Gasteiger partial charge in [0, 0.05) is 12.0 Å². The summed E-state index contributed by atoms with van der Waals surface area (Å²) in [4.78, 5) is 22.0. The monoisotopic (exact) mass is 178 g/mol. The molecule has 0 amide bonds. The first-order valence-corrected chi connectivity index (χ1v) is 4.96. The zero-order valence-corrected chi connectivity index (χ0v) is 7.88. The first kappa shape index (κ1) is 8.71. The normalized spacial score (nSPS) is 43.0. The summed E-state index contributed by atoms with van der Waals surface area (Å²) in [7, 11) is 0. The number of carbonyl (C=O) groups excluding carboxylic acids is 2. The van der Waals surface area contributed by atoms with Crippen LogP contribution in [0.1, 0.15) is 32.6 Å². The molecule has 2 fully saturated rings. The maximum absolute atomic E-state index is 11.7. The lowest BCUT2D eigenvalue weighted by molar-refractivity contribution is -0.153. The third-order valence-electron chi connectivity index (χ3n) is 3.76. The van der Waals surface area contributed by atoms with Crippen LogP contribution in [-0.2, 0) is 9.59 Å². The third kappa shape index (κ3) is 1.02. The Kier molecular flexibility index (Phi) is 1.88. The predicted octanol–water partition coefficient (Wildman–Crippen LogP) is 1.77. The molecule has 0 spiro atoms. The molecular formula is C11H14O2. The van der Waals surface area contributed by atoms with Gasteiger partial charge in [-0.2, -0.15) is 0 Å². The maximum atomic E-state index is 11.7. The molecule has 2 rings (SSSR count). The number of hydrogen-bond acceptors (Lipinski definition) is 2. The van der Waals surface area contributed by atoms with Crippen LogP contribution in [-0.4, -0.2) is 11.7 Å². The van der Waals surface area contributed by atoms with Crippen molar-refractivity contribution in [3.05, 3.63) is 6.08 Å². The molecule has 0 radical (unpaired) electrons.